The normalized spacial score (nSPS) is 24.4. The van der Waals surface area contributed by atoms with Crippen LogP contribution >= 0.6 is 0 Å². The lowest BCUT2D eigenvalue weighted by molar-refractivity contribution is 0.00761. The lowest BCUT2D eigenvalue weighted by atomic mass is 9.92. The summed E-state index contributed by atoms with van der Waals surface area (Å²) in [4.78, 5) is 0. The van der Waals surface area contributed by atoms with E-state index in [1.54, 1.807) is 0 Å². The molecule has 1 aromatic rings. The van der Waals surface area contributed by atoms with Crippen LogP contribution in [0.2, 0.25) is 0 Å². The van der Waals surface area contributed by atoms with Gasteiger partial charge in [-0.25, -0.2) is 8.42 Å². The molecule has 1 atom stereocenters. The standard InChI is InChI=1S/C15H20N2O5S/c16-10-13-3-7-22-15(13)23(18,19)17-4-8-21-11-14(17)9-12-1-5-20-6-2-12/h3,7,12,14H,1-2,4-6,8-9,11H2. The van der Waals surface area contributed by atoms with E-state index in [9.17, 15) is 8.42 Å². The van der Waals surface area contributed by atoms with Crippen molar-refractivity contribution in [3.8, 4) is 6.07 Å². The van der Waals surface area contributed by atoms with Gasteiger partial charge >= 0.3 is 0 Å². The zero-order valence-corrected chi connectivity index (χ0v) is 13.6. The van der Waals surface area contributed by atoms with Crippen LogP contribution in [0, 0.1) is 17.2 Å². The Bertz CT molecular complexity index is 672. The van der Waals surface area contributed by atoms with Crippen LogP contribution in [0.4, 0.5) is 0 Å². The summed E-state index contributed by atoms with van der Waals surface area (Å²) in [7, 11) is -3.83. The summed E-state index contributed by atoms with van der Waals surface area (Å²) in [5, 5.41) is 8.80. The second kappa shape index (κ2) is 7.01. The van der Waals surface area contributed by atoms with Crippen LogP contribution in [0.5, 0.6) is 0 Å². The van der Waals surface area contributed by atoms with Crippen molar-refractivity contribution in [1.29, 1.82) is 5.26 Å². The maximum Gasteiger partial charge on any atom is 0.278 e. The quantitative estimate of drug-likeness (QED) is 0.821. The third-order valence-corrected chi connectivity index (χ3v) is 6.30. The molecule has 8 heteroatoms. The lowest BCUT2D eigenvalue weighted by Crippen LogP contribution is -2.49. The molecule has 2 saturated heterocycles. The summed E-state index contributed by atoms with van der Waals surface area (Å²) in [5.74, 6) is 0.431. The zero-order chi connectivity index (χ0) is 16.3. The van der Waals surface area contributed by atoms with E-state index in [-0.39, 0.29) is 23.2 Å². The molecular formula is C15H20N2O5S. The Hall–Kier alpha value is -1.40. The molecule has 23 heavy (non-hydrogen) atoms. The van der Waals surface area contributed by atoms with E-state index >= 15 is 0 Å². The SMILES string of the molecule is N#Cc1ccoc1S(=O)(=O)N1CCOCC1CC1CCOCC1. The molecule has 0 bridgehead atoms. The number of furan rings is 1. The van der Waals surface area contributed by atoms with Gasteiger partial charge in [0.05, 0.1) is 19.5 Å². The van der Waals surface area contributed by atoms with E-state index in [0.717, 1.165) is 32.5 Å². The first-order chi connectivity index (χ1) is 11.1. The van der Waals surface area contributed by atoms with Crippen molar-refractivity contribution in [2.45, 2.75) is 30.4 Å². The van der Waals surface area contributed by atoms with Gasteiger partial charge in [0.1, 0.15) is 11.6 Å². The summed E-state index contributed by atoms with van der Waals surface area (Å²) >= 11 is 0. The molecule has 0 spiro atoms. The Morgan fingerprint density at radius 1 is 1.26 bits per heavy atom. The minimum absolute atomic E-state index is 0.0429. The van der Waals surface area contributed by atoms with Crippen molar-refractivity contribution in [3.63, 3.8) is 0 Å². The third-order valence-electron chi connectivity index (χ3n) is 4.41. The Kier molecular flexibility index (Phi) is 5.02. The van der Waals surface area contributed by atoms with Gasteiger partial charge in [0.15, 0.2) is 0 Å². The van der Waals surface area contributed by atoms with E-state index in [2.05, 4.69) is 0 Å². The predicted molar refractivity (Wildman–Crippen MR) is 80.1 cm³/mol. The summed E-state index contributed by atoms with van der Waals surface area (Å²) in [5.41, 5.74) is 0.0429. The molecule has 0 N–H and O–H groups in total. The Morgan fingerprint density at radius 2 is 2.04 bits per heavy atom. The van der Waals surface area contributed by atoms with Gasteiger partial charge in [-0.1, -0.05) is 0 Å². The van der Waals surface area contributed by atoms with Crippen LogP contribution in [-0.2, 0) is 19.5 Å². The fourth-order valence-electron chi connectivity index (χ4n) is 3.19. The monoisotopic (exact) mass is 340 g/mol. The van der Waals surface area contributed by atoms with Gasteiger partial charge in [0.25, 0.3) is 15.1 Å². The third kappa shape index (κ3) is 3.43. The number of nitriles is 1. The van der Waals surface area contributed by atoms with Crippen molar-refractivity contribution in [3.05, 3.63) is 17.9 Å². The van der Waals surface area contributed by atoms with Crippen molar-refractivity contribution in [2.75, 3.05) is 33.0 Å². The predicted octanol–water partition coefficient (Wildman–Crippen LogP) is 1.36. The average molecular weight is 340 g/mol. The van der Waals surface area contributed by atoms with Crippen LogP contribution in [-0.4, -0.2) is 51.7 Å². The maximum atomic E-state index is 12.9. The van der Waals surface area contributed by atoms with Crippen LogP contribution < -0.4 is 0 Å². The highest BCUT2D eigenvalue weighted by Crippen LogP contribution is 2.29. The number of ether oxygens (including phenoxy) is 2. The molecule has 7 nitrogen and oxygen atoms in total. The Balaban J connectivity index is 1.81. The number of hydrogen-bond acceptors (Lipinski definition) is 6. The van der Waals surface area contributed by atoms with E-state index < -0.39 is 10.0 Å². The molecule has 3 heterocycles. The van der Waals surface area contributed by atoms with Crippen LogP contribution in [0.1, 0.15) is 24.8 Å². The molecular weight excluding hydrogens is 320 g/mol. The fraction of sp³-hybridized carbons (Fsp3) is 0.667. The molecule has 0 saturated carbocycles. The van der Waals surface area contributed by atoms with Gasteiger partial charge in [0.2, 0.25) is 0 Å². The van der Waals surface area contributed by atoms with Crippen molar-refractivity contribution in [1.82, 2.24) is 4.31 Å². The second-order valence-electron chi connectivity index (χ2n) is 5.87. The number of rotatable bonds is 4. The highest BCUT2D eigenvalue weighted by atomic mass is 32.2. The molecule has 0 amide bonds. The highest BCUT2D eigenvalue weighted by molar-refractivity contribution is 7.89. The Morgan fingerprint density at radius 3 is 2.78 bits per heavy atom. The first-order valence-electron chi connectivity index (χ1n) is 7.78. The molecule has 3 rings (SSSR count). The van der Waals surface area contributed by atoms with E-state index in [1.807, 2.05) is 6.07 Å². The topological polar surface area (TPSA) is 92.8 Å². The molecule has 0 radical (unpaired) electrons. The van der Waals surface area contributed by atoms with Crippen molar-refractivity contribution >= 4 is 10.0 Å². The summed E-state index contributed by atoms with van der Waals surface area (Å²) < 4.78 is 43.1. The van der Waals surface area contributed by atoms with Gasteiger partial charge < -0.3 is 13.9 Å². The van der Waals surface area contributed by atoms with E-state index in [1.165, 1.54) is 16.6 Å². The van der Waals surface area contributed by atoms with Gasteiger partial charge in [-0.3, -0.25) is 0 Å². The van der Waals surface area contributed by atoms with Crippen molar-refractivity contribution in [2.24, 2.45) is 5.92 Å². The molecule has 2 aliphatic heterocycles. The smallest absolute Gasteiger partial charge is 0.278 e. The molecule has 2 aliphatic rings. The summed E-state index contributed by atoms with van der Waals surface area (Å²) in [6.07, 6.45) is 3.85. The second-order valence-corrected chi connectivity index (χ2v) is 7.66. The van der Waals surface area contributed by atoms with Crippen LogP contribution in [0.25, 0.3) is 0 Å². The molecule has 126 valence electrons. The minimum atomic E-state index is -3.83. The molecule has 0 aliphatic carbocycles. The molecule has 1 aromatic heterocycles. The fourth-order valence-corrected chi connectivity index (χ4v) is 4.83. The van der Waals surface area contributed by atoms with E-state index in [4.69, 9.17) is 19.2 Å². The van der Waals surface area contributed by atoms with Gasteiger partial charge in [0, 0.05) is 25.8 Å². The van der Waals surface area contributed by atoms with E-state index in [0.29, 0.717) is 19.1 Å². The molecule has 2 fully saturated rings. The molecule has 0 aromatic carbocycles. The molecule has 1 unspecified atom stereocenters. The van der Waals surface area contributed by atoms with Gasteiger partial charge in [-0.05, 0) is 31.2 Å². The van der Waals surface area contributed by atoms with Crippen LogP contribution in [0.3, 0.4) is 0 Å². The summed E-state index contributed by atoms with van der Waals surface area (Å²) in [6.45, 7) is 2.45. The number of sulfonamides is 1. The zero-order valence-electron chi connectivity index (χ0n) is 12.8. The highest BCUT2D eigenvalue weighted by Gasteiger charge is 2.38. The summed E-state index contributed by atoms with van der Waals surface area (Å²) in [6, 6.07) is 3.02. The van der Waals surface area contributed by atoms with Crippen molar-refractivity contribution < 1.29 is 22.3 Å². The van der Waals surface area contributed by atoms with Crippen LogP contribution in [0.15, 0.2) is 21.8 Å². The average Bonchev–Trinajstić information content (AvgIpc) is 3.06. The Labute approximate surface area is 135 Å². The lowest BCUT2D eigenvalue weighted by Gasteiger charge is -2.36. The number of nitrogens with zero attached hydrogens (tertiary/aromatic N) is 2. The largest absolute Gasteiger partial charge is 0.451 e. The maximum absolute atomic E-state index is 12.9. The first kappa shape index (κ1) is 16.5. The van der Waals surface area contributed by atoms with Gasteiger partial charge in [-0.2, -0.15) is 9.57 Å². The number of morpholine rings is 1. The van der Waals surface area contributed by atoms with Gasteiger partial charge in [-0.15, -0.1) is 0 Å². The number of hydrogen-bond donors (Lipinski definition) is 0. The minimum Gasteiger partial charge on any atom is -0.451 e. The first-order valence-corrected chi connectivity index (χ1v) is 9.22.